The number of aliphatic imine (C=N–C) groups is 1. The number of allylic oxidation sites excluding steroid dienone is 1. The highest BCUT2D eigenvalue weighted by Gasteiger charge is 1.73. The molecule has 1 heterocycles. The van der Waals surface area contributed by atoms with Gasteiger partial charge in [-0.05, 0) is 0 Å². The number of hydrogen-bond donors (Lipinski definition) is 0. The Kier molecular flexibility index (Phi) is 4.95. The molecule has 1 nitrogen and oxygen atoms in total. The largest absolute Gasteiger partial charge is 0.269 e. The minimum Gasteiger partial charge on any atom is -0.269 e. The summed E-state index contributed by atoms with van der Waals surface area (Å²) in [4.78, 5) is 3.78. The molecular formula is C6H11N. The smallest absolute Gasteiger partial charge is 0.0227 e. The van der Waals surface area contributed by atoms with Crippen LogP contribution in [0.5, 0.6) is 0 Å². The lowest BCUT2D eigenvalue weighted by molar-refractivity contribution is 1.50. The van der Waals surface area contributed by atoms with E-state index in [0.29, 0.717) is 0 Å². The molecule has 0 bridgehead atoms. The SMILES string of the molecule is C1=CN=CC1.CC. The first-order chi connectivity index (χ1) is 3.50. The summed E-state index contributed by atoms with van der Waals surface area (Å²) >= 11 is 0. The third kappa shape index (κ3) is 3.23. The van der Waals surface area contributed by atoms with Gasteiger partial charge in [-0.2, -0.15) is 0 Å². The molecule has 0 saturated carbocycles. The molecule has 0 atom stereocenters. The van der Waals surface area contributed by atoms with Crippen molar-refractivity contribution in [2.24, 2.45) is 4.99 Å². The number of rotatable bonds is 0. The summed E-state index contributed by atoms with van der Waals surface area (Å²) in [6.45, 7) is 4.00. The molecule has 0 N–H and O–H groups in total. The topological polar surface area (TPSA) is 12.4 Å². The first kappa shape index (κ1) is 6.41. The van der Waals surface area contributed by atoms with E-state index in [0.717, 1.165) is 6.42 Å². The third-order valence-electron chi connectivity index (χ3n) is 0.538. The molecule has 1 aliphatic rings. The van der Waals surface area contributed by atoms with Gasteiger partial charge >= 0.3 is 0 Å². The molecule has 1 rings (SSSR count). The van der Waals surface area contributed by atoms with Crippen LogP contribution in [0.4, 0.5) is 0 Å². The Hall–Kier alpha value is -0.590. The minimum absolute atomic E-state index is 1.03. The zero-order valence-corrected chi connectivity index (χ0v) is 4.89. The number of hydrogen-bond acceptors (Lipinski definition) is 1. The lowest BCUT2D eigenvalue weighted by Gasteiger charge is -1.54. The molecule has 0 radical (unpaired) electrons. The summed E-state index contributed by atoms with van der Waals surface area (Å²) in [7, 11) is 0. The van der Waals surface area contributed by atoms with Crippen LogP contribution in [0.1, 0.15) is 20.3 Å². The fraction of sp³-hybridized carbons (Fsp3) is 0.500. The summed E-state index contributed by atoms with van der Waals surface area (Å²) in [5.74, 6) is 0. The molecule has 0 fully saturated rings. The predicted molar refractivity (Wildman–Crippen MR) is 33.6 cm³/mol. The van der Waals surface area contributed by atoms with Crippen LogP contribution in [-0.4, -0.2) is 6.21 Å². The molecule has 0 spiro atoms. The monoisotopic (exact) mass is 97.1 g/mol. The van der Waals surface area contributed by atoms with Crippen LogP contribution in [0.3, 0.4) is 0 Å². The van der Waals surface area contributed by atoms with Crippen molar-refractivity contribution in [2.75, 3.05) is 0 Å². The lowest BCUT2D eigenvalue weighted by Crippen LogP contribution is -1.51. The second-order valence-corrected chi connectivity index (χ2v) is 0.952. The van der Waals surface area contributed by atoms with E-state index < -0.39 is 0 Å². The summed E-state index contributed by atoms with van der Waals surface area (Å²) in [5, 5.41) is 0. The zero-order chi connectivity index (χ0) is 5.54. The summed E-state index contributed by atoms with van der Waals surface area (Å²) in [5.41, 5.74) is 0. The summed E-state index contributed by atoms with van der Waals surface area (Å²) in [6.07, 6.45) is 6.72. The maximum Gasteiger partial charge on any atom is 0.0227 e. The van der Waals surface area contributed by atoms with Gasteiger partial charge in [-0.1, -0.05) is 19.9 Å². The molecule has 0 aromatic carbocycles. The van der Waals surface area contributed by atoms with Crippen LogP contribution >= 0.6 is 0 Å². The second-order valence-electron chi connectivity index (χ2n) is 0.952. The van der Waals surface area contributed by atoms with Gasteiger partial charge in [-0.15, -0.1) is 0 Å². The van der Waals surface area contributed by atoms with Crippen LogP contribution < -0.4 is 0 Å². The van der Waals surface area contributed by atoms with Gasteiger partial charge in [0.05, 0.1) is 0 Å². The van der Waals surface area contributed by atoms with E-state index in [1.165, 1.54) is 0 Å². The van der Waals surface area contributed by atoms with Gasteiger partial charge in [-0.3, -0.25) is 4.99 Å². The average molecular weight is 97.2 g/mol. The zero-order valence-electron chi connectivity index (χ0n) is 4.89. The van der Waals surface area contributed by atoms with E-state index in [1.807, 2.05) is 26.1 Å². The van der Waals surface area contributed by atoms with Crippen molar-refractivity contribution in [1.82, 2.24) is 0 Å². The van der Waals surface area contributed by atoms with E-state index in [4.69, 9.17) is 0 Å². The molecule has 1 heteroatoms. The lowest BCUT2D eigenvalue weighted by atomic mass is 10.5. The van der Waals surface area contributed by atoms with E-state index in [-0.39, 0.29) is 0 Å². The molecule has 0 amide bonds. The number of nitrogens with zero attached hydrogens (tertiary/aromatic N) is 1. The highest BCUT2D eigenvalue weighted by molar-refractivity contribution is 5.62. The van der Waals surface area contributed by atoms with Crippen LogP contribution in [-0.2, 0) is 0 Å². The molecule has 7 heavy (non-hydrogen) atoms. The van der Waals surface area contributed by atoms with Crippen molar-refractivity contribution in [3.8, 4) is 0 Å². The third-order valence-corrected chi connectivity index (χ3v) is 0.538. The first-order valence-electron chi connectivity index (χ1n) is 2.67. The van der Waals surface area contributed by atoms with Gasteiger partial charge in [0.1, 0.15) is 0 Å². The van der Waals surface area contributed by atoms with Crippen LogP contribution in [0.15, 0.2) is 17.3 Å². The Bertz CT molecular complexity index is 62.2. The van der Waals surface area contributed by atoms with Gasteiger partial charge in [-0.25, -0.2) is 0 Å². The molecule has 0 aromatic rings. The molecule has 0 unspecified atom stereocenters. The van der Waals surface area contributed by atoms with E-state index in [9.17, 15) is 0 Å². The maximum absolute atomic E-state index is 3.78. The fourth-order valence-electron chi connectivity index (χ4n) is 0.304. The van der Waals surface area contributed by atoms with Crippen molar-refractivity contribution in [3.63, 3.8) is 0 Å². The Balaban J connectivity index is 0.000000162. The molecular weight excluding hydrogens is 86.1 g/mol. The standard InChI is InChI=1S/C4H5N.C2H6/c1-2-4-5-3-1;1-2/h1,3-4H,2H2;1-2H3. The Morgan fingerprint density at radius 2 is 2.14 bits per heavy atom. The molecule has 0 saturated heterocycles. The first-order valence-corrected chi connectivity index (χ1v) is 2.67. The predicted octanol–water partition coefficient (Wildman–Crippen LogP) is 2.00. The summed E-state index contributed by atoms with van der Waals surface area (Å²) in [6, 6.07) is 0. The normalized spacial score (nSPS) is 13.4. The Morgan fingerprint density at radius 1 is 1.43 bits per heavy atom. The summed E-state index contributed by atoms with van der Waals surface area (Å²) < 4.78 is 0. The van der Waals surface area contributed by atoms with Crippen molar-refractivity contribution in [3.05, 3.63) is 12.3 Å². The molecule has 0 aromatic heterocycles. The van der Waals surface area contributed by atoms with Crippen LogP contribution in [0.2, 0.25) is 0 Å². The van der Waals surface area contributed by atoms with Crippen molar-refractivity contribution >= 4 is 6.21 Å². The highest BCUT2D eigenvalue weighted by Crippen LogP contribution is 1.86. The van der Waals surface area contributed by atoms with Gasteiger partial charge in [0.15, 0.2) is 0 Å². The second kappa shape index (κ2) is 5.41. The average Bonchev–Trinajstić information content (AvgIpc) is 2.23. The van der Waals surface area contributed by atoms with Gasteiger partial charge in [0, 0.05) is 18.8 Å². The van der Waals surface area contributed by atoms with Crippen LogP contribution in [0, 0.1) is 0 Å². The van der Waals surface area contributed by atoms with Gasteiger partial charge in [0.25, 0.3) is 0 Å². The van der Waals surface area contributed by atoms with Gasteiger partial charge < -0.3 is 0 Å². The van der Waals surface area contributed by atoms with Crippen molar-refractivity contribution in [2.45, 2.75) is 20.3 Å². The van der Waals surface area contributed by atoms with Gasteiger partial charge in [0.2, 0.25) is 0 Å². The van der Waals surface area contributed by atoms with Crippen molar-refractivity contribution in [1.29, 1.82) is 0 Å². The van der Waals surface area contributed by atoms with Crippen molar-refractivity contribution < 1.29 is 0 Å². The Labute approximate surface area is 44.8 Å². The van der Waals surface area contributed by atoms with E-state index in [2.05, 4.69) is 4.99 Å². The Morgan fingerprint density at radius 3 is 2.29 bits per heavy atom. The van der Waals surface area contributed by atoms with E-state index >= 15 is 0 Å². The molecule has 40 valence electrons. The quantitative estimate of drug-likeness (QED) is 0.438. The molecule has 1 aliphatic heterocycles. The minimum atomic E-state index is 1.03. The molecule has 0 aliphatic carbocycles. The van der Waals surface area contributed by atoms with E-state index in [1.54, 1.807) is 6.20 Å². The fourth-order valence-corrected chi connectivity index (χ4v) is 0.304. The van der Waals surface area contributed by atoms with Crippen LogP contribution in [0.25, 0.3) is 0 Å². The highest BCUT2D eigenvalue weighted by atomic mass is 14.7. The maximum atomic E-state index is 3.78.